The zero-order chi connectivity index (χ0) is 26.1. The van der Waals surface area contributed by atoms with Crippen molar-refractivity contribution < 1.29 is 34.7 Å². The number of carbonyl (C=O) groups is 1. The summed E-state index contributed by atoms with van der Waals surface area (Å²) in [4.78, 5) is 12.6. The van der Waals surface area contributed by atoms with Crippen LogP contribution in [0.1, 0.15) is 130 Å². The number of aliphatic hydroxyl groups is 4. The van der Waals surface area contributed by atoms with Gasteiger partial charge in [0.05, 0.1) is 6.61 Å². The highest BCUT2D eigenvalue weighted by Crippen LogP contribution is 2.39. The van der Waals surface area contributed by atoms with Crippen molar-refractivity contribution in [2.24, 2.45) is 5.92 Å². The van der Waals surface area contributed by atoms with Crippen LogP contribution in [-0.4, -0.2) is 63.2 Å². The fourth-order valence-corrected chi connectivity index (χ4v) is 4.91. The minimum Gasteiger partial charge on any atom is -0.430 e. The van der Waals surface area contributed by atoms with Crippen LogP contribution in [-0.2, 0) is 14.3 Å². The number of ether oxygens (including phenoxy) is 2. The number of esters is 1. The monoisotopic (exact) mass is 502 g/mol. The molecule has 0 aromatic rings. The second-order valence-electron chi connectivity index (χ2n) is 10.5. The summed E-state index contributed by atoms with van der Waals surface area (Å²) in [5, 5.41) is 40.5. The van der Waals surface area contributed by atoms with Crippen molar-refractivity contribution in [3.8, 4) is 0 Å². The lowest BCUT2D eigenvalue weighted by molar-refractivity contribution is -0.368. The maximum atomic E-state index is 12.6. The van der Waals surface area contributed by atoms with E-state index in [-0.39, 0.29) is 6.42 Å². The molecule has 2 unspecified atom stereocenters. The number of hydrogen-bond acceptors (Lipinski definition) is 7. The summed E-state index contributed by atoms with van der Waals surface area (Å²) in [6.07, 6.45) is 13.6. The van der Waals surface area contributed by atoms with E-state index in [4.69, 9.17) is 9.47 Å². The van der Waals surface area contributed by atoms with E-state index in [0.717, 1.165) is 12.8 Å². The van der Waals surface area contributed by atoms with Crippen LogP contribution in [0.5, 0.6) is 0 Å². The zero-order valence-electron chi connectivity index (χ0n) is 22.6. The van der Waals surface area contributed by atoms with E-state index < -0.39 is 48.7 Å². The van der Waals surface area contributed by atoms with Gasteiger partial charge in [-0.2, -0.15) is 0 Å². The Balaban J connectivity index is 2.22. The van der Waals surface area contributed by atoms with E-state index in [0.29, 0.717) is 12.8 Å². The molecule has 1 aliphatic heterocycles. The van der Waals surface area contributed by atoms with Gasteiger partial charge in [-0.05, 0) is 12.8 Å². The van der Waals surface area contributed by atoms with Crippen LogP contribution in [0.3, 0.4) is 0 Å². The van der Waals surface area contributed by atoms with Gasteiger partial charge in [-0.15, -0.1) is 0 Å². The number of unbranched alkanes of at least 4 members (excludes halogenated alkanes) is 14. The molecule has 1 aliphatic rings. The highest BCUT2D eigenvalue weighted by atomic mass is 16.7. The van der Waals surface area contributed by atoms with E-state index >= 15 is 0 Å². The Morgan fingerprint density at radius 2 is 1.26 bits per heavy atom. The molecule has 1 heterocycles. The Hall–Kier alpha value is -0.730. The fourth-order valence-electron chi connectivity index (χ4n) is 4.91. The Kier molecular flexibility index (Phi) is 17.1. The summed E-state index contributed by atoms with van der Waals surface area (Å²) in [7, 11) is 0. The van der Waals surface area contributed by atoms with Gasteiger partial charge in [0.15, 0.2) is 0 Å². The normalized spacial score (nSPS) is 27.6. The molecule has 0 aromatic heterocycles. The van der Waals surface area contributed by atoms with E-state index in [1.807, 2.05) is 6.92 Å². The SMILES string of the molecule is CCCCCCCCCCCCCCCCCC(=O)OC1(C(C)CC)O[C@H](CO)[C@@H](O)[C@H](O)[C@H]1O. The standard InChI is InChI=1S/C28H54O7/c1-4-6-7-8-9-10-11-12-13-14-15-16-17-18-19-20-24(30)35-28(22(3)5-2)27(33)26(32)25(31)23(21-29)34-28/h22-23,25-27,29,31-33H,4-21H2,1-3H3/t22?,23-,25-,26+,27-,28?/m1/s1. The molecule has 0 spiro atoms. The van der Waals surface area contributed by atoms with Gasteiger partial charge in [0.2, 0.25) is 5.79 Å². The van der Waals surface area contributed by atoms with E-state index in [2.05, 4.69) is 6.92 Å². The molecule has 6 atom stereocenters. The summed E-state index contributed by atoms with van der Waals surface area (Å²) in [5.74, 6) is -2.72. The minimum absolute atomic E-state index is 0.203. The number of aliphatic hydroxyl groups excluding tert-OH is 4. The summed E-state index contributed by atoms with van der Waals surface area (Å²) in [6, 6.07) is 0. The first kappa shape index (κ1) is 32.3. The third kappa shape index (κ3) is 11.0. The van der Waals surface area contributed by atoms with Crippen LogP contribution in [0.2, 0.25) is 0 Å². The Labute approximate surface area is 213 Å². The predicted octanol–water partition coefficient (Wildman–Crippen LogP) is 5.01. The van der Waals surface area contributed by atoms with E-state index in [1.54, 1.807) is 6.92 Å². The van der Waals surface area contributed by atoms with Crippen LogP contribution in [0.4, 0.5) is 0 Å². The summed E-state index contributed by atoms with van der Waals surface area (Å²) < 4.78 is 11.3. The Bertz CT molecular complexity index is 541. The van der Waals surface area contributed by atoms with E-state index in [9.17, 15) is 25.2 Å². The molecular weight excluding hydrogens is 448 g/mol. The summed E-state index contributed by atoms with van der Waals surface area (Å²) >= 11 is 0. The van der Waals surface area contributed by atoms with E-state index in [1.165, 1.54) is 77.0 Å². The highest BCUT2D eigenvalue weighted by Gasteiger charge is 2.58. The molecule has 7 nitrogen and oxygen atoms in total. The molecule has 0 saturated carbocycles. The molecular formula is C28H54O7. The smallest absolute Gasteiger partial charge is 0.308 e. The molecule has 0 radical (unpaired) electrons. The molecule has 4 N–H and O–H groups in total. The fraction of sp³-hybridized carbons (Fsp3) is 0.964. The van der Waals surface area contributed by atoms with Crippen LogP contribution in [0.25, 0.3) is 0 Å². The van der Waals surface area contributed by atoms with Gasteiger partial charge >= 0.3 is 5.97 Å². The van der Waals surface area contributed by atoms with Gasteiger partial charge in [-0.3, -0.25) is 4.79 Å². The first-order valence-electron chi connectivity index (χ1n) is 14.4. The van der Waals surface area contributed by atoms with Crippen molar-refractivity contribution >= 4 is 5.97 Å². The minimum atomic E-state index is -1.78. The molecule has 0 amide bonds. The van der Waals surface area contributed by atoms with Gasteiger partial charge in [0.1, 0.15) is 24.4 Å². The number of carbonyl (C=O) groups excluding carboxylic acids is 1. The quantitative estimate of drug-likeness (QED) is 0.137. The van der Waals surface area contributed by atoms with Crippen molar-refractivity contribution in [2.45, 2.75) is 160 Å². The van der Waals surface area contributed by atoms with Crippen molar-refractivity contribution in [1.82, 2.24) is 0 Å². The maximum absolute atomic E-state index is 12.6. The molecule has 1 saturated heterocycles. The first-order chi connectivity index (χ1) is 16.8. The zero-order valence-corrected chi connectivity index (χ0v) is 22.6. The van der Waals surface area contributed by atoms with Crippen LogP contribution in [0, 0.1) is 5.92 Å². The number of rotatable bonds is 20. The average Bonchev–Trinajstić information content (AvgIpc) is 2.86. The van der Waals surface area contributed by atoms with Gasteiger partial charge in [-0.25, -0.2) is 0 Å². The second kappa shape index (κ2) is 18.5. The molecule has 1 rings (SSSR count). The van der Waals surface area contributed by atoms with Gasteiger partial charge in [0.25, 0.3) is 0 Å². The molecule has 208 valence electrons. The van der Waals surface area contributed by atoms with Crippen molar-refractivity contribution in [2.75, 3.05) is 6.61 Å². The molecule has 1 fully saturated rings. The number of hydrogen-bond donors (Lipinski definition) is 4. The molecule has 0 aliphatic carbocycles. The van der Waals surface area contributed by atoms with Crippen molar-refractivity contribution in [3.63, 3.8) is 0 Å². The Morgan fingerprint density at radius 3 is 1.69 bits per heavy atom. The lowest BCUT2D eigenvalue weighted by Gasteiger charge is -2.50. The lowest BCUT2D eigenvalue weighted by atomic mass is 9.84. The van der Waals surface area contributed by atoms with Crippen LogP contribution >= 0.6 is 0 Å². The van der Waals surface area contributed by atoms with Crippen LogP contribution in [0.15, 0.2) is 0 Å². The molecule has 0 aromatic carbocycles. The van der Waals surface area contributed by atoms with Crippen LogP contribution < -0.4 is 0 Å². The maximum Gasteiger partial charge on any atom is 0.308 e. The predicted molar refractivity (Wildman–Crippen MR) is 138 cm³/mol. The van der Waals surface area contributed by atoms with Crippen molar-refractivity contribution in [1.29, 1.82) is 0 Å². The molecule has 35 heavy (non-hydrogen) atoms. The lowest BCUT2D eigenvalue weighted by Crippen LogP contribution is -2.68. The third-order valence-electron chi connectivity index (χ3n) is 7.54. The van der Waals surface area contributed by atoms with Gasteiger partial charge in [0, 0.05) is 12.3 Å². The summed E-state index contributed by atoms with van der Waals surface area (Å²) in [5.41, 5.74) is 0. The van der Waals surface area contributed by atoms with Crippen molar-refractivity contribution in [3.05, 3.63) is 0 Å². The highest BCUT2D eigenvalue weighted by molar-refractivity contribution is 5.69. The Morgan fingerprint density at radius 1 is 0.800 bits per heavy atom. The van der Waals surface area contributed by atoms with Gasteiger partial charge in [-0.1, -0.05) is 111 Å². The topological polar surface area (TPSA) is 116 Å². The average molecular weight is 503 g/mol. The second-order valence-corrected chi connectivity index (χ2v) is 10.5. The molecule has 7 heteroatoms. The third-order valence-corrected chi connectivity index (χ3v) is 7.54. The molecule has 0 bridgehead atoms. The summed E-state index contributed by atoms with van der Waals surface area (Å²) in [6.45, 7) is 5.31. The largest absolute Gasteiger partial charge is 0.430 e. The first-order valence-corrected chi connectivity index (χ1v) is 14.4. The van der Waals surface area contributed by atoms with Gasteiger partial charge < -0.3 is 29.9 Å².